The van der Waals surface area contributed by atoms with Crippen LogP contribution in [0.1, 0.15) is 25.0 Å². The average molecular weight is 277 g/mol. The van der Waals surface area contributed by atoms with E-state index < -0.39 is 23.1 Å². The molecule has 0 spiro atoms. The molecule has 1 heterocycles. The lowest BCUT2D eigenvalue weighted by molar-refractivity contribution is -0.160. The molecule has 1 aromatic carbocycles. The fourth-order valence-corrected chi connectivity index (χ4v) is 2.13. The van der Waals surface area contributed by atoms with Gasteiger partial charge in [0.1, 0.15) is 5.54 Å². The van der Waals surface area contributed by atoms with Crippen molar-refractivity contribution in [3.8, 4) is 0 Å². The molecule has 1 aliphatic heterocycles. The number of carbonyl (C=O) groups excluding carboxylic acids is 2. The van der Waals surface area contributed by atoms with Crippen LogP contribution in [0.25, 0.3) is 0 Å². The second-order valence-electron chi connectivity index (χ2n) is 5.59. The molecular weight excluding hydrogens is 258 g/mol. The van der Waals surface area contributed by atoms with E-state index in [0.717, 1.165) is 11.1 Å². The van der Waals surface area contributed by atoms with Crippen LogP contribution in [0.15, 0.2) is 24.3 Å². The molecular formula is C14H19N3O3. The van der Waals surface area contributed by atoms with Crippen LogP contribution in [-0.4, -0.2) is 28.2 Å². The molecule has 6 nitrogen and oxygen atoms in total. The Bertz CT molecular complexity index is 556. The molecule has 1 saturated heterocycles. The zero-order valence-corrected chi connectivity index (χ0v) is 11.6. The van der Waals surface area contributed by atoms with E-state index in [9.17, 15) is 14.7 Å². The molecule has 2 amide bonds. The average Bonchev–Trinajstić information content (AvgIpc) is 2.36. The fourth-order valence-electron chi connectivity index (χ4n) is 2.13. The van der Waals surface area contributed by atoms with Gasteiger partial charge in [0.05, 0.1) is 0 Å². The summed E-state index contributed by atoms with van der Waals surface area (Å²) in [6.45, 7) is 3.53. The molecule has 2 rings (SSSR count). The lowest BCUT2D eigenvalue weighted by Crippen LogP contribution is -2.73. The van der Waals surface area contributed by atoms with E-state index >= 15 is 0 Å². The number of nitrogens with one attached hydrogen (secondary N) is 2. The van der Waals surface area contributed by atoms with Gasteiger partial charge in [0, 0.05) is 13.0 Å². The number of amides is 2. The number of benzene rings is 1. The van der Waals surface area contributed by atoms with Crippen molar-refractivity contribution in [1.29, 1.82) is 0 Å². The van der Waals surface area contributed by atoms with E-state index in [2.05, 4.69) is 10.6 Å². The van der Waals surface area contributed by atoms with Crippen molar-refractivity contribution in [2.45, 2.75) is 38.1 Å². The Kier molecular flexibility index (Phi) is 3.54. The minimum Gasteiger partial charge on any atom is -0.363 e. The van der Waals surface area contributed by atoms with Gasteiger partial charge in [0.25, 0.3) is 5.91 Å². The van der Waals surface area contributed by atoms with E-state index in [1.807, 2.05) is 6.07 Å². The molecule has 1 aromatic rings. The number of hydrogen-bond acceptors (Lipinski definition) is 4. The predicted molar refractivity (Wildman–Crippen MR) is 73.4 cm³/mol. The first-order chi connectivity index (χ1) is 9.27. The van der Waals surface area contributed by atoms with Crippen molar-refractivity contribution < 1.29 is 14.7 Å². The van der Waals surface area contributed by atoms with Crippen LogP contribution in [0.5, 0.6) is 0 Å². The van der Waals surface area contributed by atoms with Crippen LogP contribution in [-0.2, 0) is 22.6 Å². The molecule has 108 valence electrons. The van der Waals surface area contributed by atoms with Gasteiger partial charge in [-0.05, 0) is 25.0 Å². The third-order valence-electron chi connectivity index (χ3n) is 3.38. The van der Waals surface area contributed by atoms with Crippen molar-refractivity contribution in [2.75, 3.05) is 0 Å². The molecule has 1 aliphatic rings. The highest BCUT2D eigenvalue weighted by molar-refractivity contribution is 6.00. The number of carbonyl (C=O) groups is 2. The highest BCUT2D eigenvalue weighted by atomic mass is 16.3. The smallest absolute Gasteiger partial charge is 0.274 e. The van der Waals surface area contributed by atoms with Gasteiger partial charge < -0.3 is 21.5 Å². The Labute approximate surface area is 117 Å². The Morgan fingerprint density at radius 1 is 1.15 bits per heavy atom. The minimum atomic E-state index is -1.93. The second kappa shape index (κ2) is 4.88. The highest BCUT2D eigenvalue weighted by Gasteiger charge is 2.48. The normalized spacial score (nSPS) is 25.0. The Morgan fingerprint density at radius 3 is 2.45 bits per heavy atom. The van der Waals surface area contributed by atoms with Crippen LogP contribution in [0.2, 0.25) is 0 Å². The van der Waals surface area contributed by atoms with Crippen LogP contribution >= 0.6 is 0 Å². The van der Waals surface area contributed by atoms with Gasteiger partial charge >= 0.3 is 0 Å². The summed E-state index contributed by atoms with van der Waals surface area (Å²) in [6.07, 6.45) is -0.00546. The van der Waals surface area contributed by atoms with E-state index in [1.165, 1.54) is 0 Å². The molecule has 1 fully saturated rings. The number of hydrogen-bond donors (Lipinski definition) is 4. The largest absolute Gasteiger partial charge is 0.363 e. The zero-order chi connectivity index (χ0) is 15.0. The molecule has 0 saturated carbocycles. The van der Waals surface area contributed by atoms with Crippen molar-refractivity contribution in [1.82, 2.24) is 10.6 Å². The van der Waals surface area contributed by atoms with Crippen LogP contribution < -0.4 is 16.4 Å². The van der Waals surface area contributed by atoms with Crippen molar-refractivity contribution in [3.63, 3.8) is 0 Å². The van der Waals surface area contributed by atoms with Crippen LogP contribution in [0, 0.1) is 0 Å². The monoisotopic (exact) mass is 277 g/mol. The van der Waals surface area contributed by atoms with Crippen molar-refractivity contribution >= 4 is 11.8 Å². The van der Waals surface area contributed by atoms with Gasteiger partial charge in [-0.15, -0.1) is 0 Å². The van der Waals surface area contributed by atoms with Gasteiger partial charge in [0.2, 0.25) is 11.6 Å². The molecule has 20 heavy (non-hydrogen) atoms. The summed E-state index contributed by atoms with van der Waals surface area (Å²) in [5.74, 6) is -1.03. The first kappa shape index (κ1) is 14.5. The predicted octanol–water partition coefficient (Wildman–Crippen LogP) is -0.599. The molecule has 0 unspecified atom stereocenters. The van der Waals surface area contributed by atoms with Gasteiger partial charge in [-0.3, -0.25) is 9.59 Å². The summed E-state index contributed by atoms with van der Waals surface area (Å²) in [6, 6.07) is 7.23. The van der Waals surface area contributed by atoms with Gasteiger partial charge in [-0.25, -0.2) is 0 Å². The summed E-state index contributed by atoms with van der Waals surface area (Å²) in [7, 11) is 0. The van der Waals surface area contributed by atoms with Crippen LogP contribution in [0.3, 0.4) is 0 Å². The van der Waals surface area contributed by atoms with Crippen LogP contribution in [0.4, 0.5) is 0 Å². The standard InChI is InChI=1S/C14H19N3O3/c1-13(2)11(18)17-14(20,12(19)16-13)7-9-4-3-5-10(6-9)8-15/h3-6,20H,7-8,15H2,1-2H3,(H,16,19)(H,17,18)/t14-/m0/s1. The molecule has 6 heteroatoms. The van der Waals surface area contributed by atoms with E-state index in [4.69, 9.17) is 5.73 Å². The summed E-state index contributed by atoms with van der Waals surface area (Å²) >= 11 is 0. The molecule has 0 bridgehead atoms. The first-order valence-electron chi connectivity index (χ1n) is 6.42. The lowest BCUT2D eigenvalue weighted by Gasteiger charge is -2.39. The van der Waals surface area contributed by atoms with E-state index in [-0.39, 0.29) is 6.42 Å². The third kappa shape index (κ3) is 2.66. The maximum atomic E-state index is 12.0. The lowest BCUT2D eigenvalue weighted by atomic mass is 9.93. The molecule has 1 atom stereocenters. The number of piperazine rings is 1. The van der Waals surface area contributed by atoms with Gasteiger partial charge in [0.15, 0.2) is 0 Å². The number of rotatable bonds is 3. The molecule has 5 N–H and O–H groups in total. The molecule has 0 aliphatic carbocycles. The summed E-state index contributed by atoms with van der Waals surface area (Å²) in [5.41, 5.74) is 4.23. The maximum absolute atomic E-state index is 12.0. The van der Waals surface area contributed by atoms with Gasteiger partial charge in [-0.1, -0.05) is 24.3 Å². The highest BCUT2D eigenvalue weighted by Crippen LogP contribution is 2.19. The first-order valence-corrected chi connectivity index (χ1v) is 6.42. The maximum Gasteiger partial charge on any atom is 0.274 e. The zero-order valence-electron chi connectivity index (χ0n) is 11.6. The topological polar surface area (TPSA) is 104 Å². The van der Waals surface area contributed by atoms with Gasteiger partial charge in [-0.2, -0.15) is 0 Å². The fraction of sp³-hybridized carbons (Fsp3) is 0.429. The quantitative estimate of drug-likeness (QED) is 0.592. The number of nitrogens with two attached hydrogens (primary N) is 1. The van der Waals surface area contributed by atoms with Crippen molar-refractivity contribution in [3.05, 3.63) is 35.4 Å². The minimum absolute atomic E-state index is 0.00546. The summed E-state index contributed by atoms with van der Waals surface area (Å²) < 4.78 is 0. The number of aliphatic hydroxyl groups is 1. The summed E-state index contributed by atoms with van der Waals surface area (Å²) in [4.78, 5) is 23.9. The summed E-state index contributed by atoms with van der Waals surface area (Å²) in [5, 5.41) is 15.3. The Morgan fingerprint density at radius 2 is 1.80 bits per heavy atom. The van der Waals surface area contributed by atoms with E-state index in [0.29, 0.717) is 6.54 Å². The molecule has 0 radical (unpaired) electrons. The molecule has 0 aromatic heterocycles. The second-order valence-corrected chi connectivity index (χ2v) is 5.59. The Hall–Kier alpha value is -1.92. The third-order valence-corrected chi connectivity index (χ3v) is 3.38. The van der Waals surface area contributed by atoms with E-state index in [1.54, 1.807) is 32.0 Å². The SMILES string of the molecule is CC1(C)NC(=O)[C@@](O)(Cc2cccc(CN)c2)NC1=O. The Balaban J connectivity index is 2.23. The van der Waals surface area contributed by atoms with Crippen molar-refractivity contribution in [2.24, 2.45) is 5.73 Å².